The summed E-state index contributed by atoms with van der Waals surface area (Å²) in [6, 6.07) is 11.7. The molecule has 0 fully saturated rings. The van der Waals surface area contributed by atoms with Crippen LogP contribution in [0.15, 0.2) is 61.2 Å². The average molecular weight is 534 g/mol. The first-order valence-electron chi connectivity index (χ1n) is 12.8. The highest BCUT2D eigenvalue weighted by atomic mass is 16.6. The molecule has 0 heterocycles. The van der Waals surface area contributed by atoms with Crippen molar-refractivity contribution in [3.8, 4) is 18.1 Å². The van der Waals surface area contributed by atoms with E-state index in [1.807, 2.05) is 13.8 Å². The zero-order valence-corrected chi connectivity index (χ0v) is 23.6. The maximum atomic E-state index is 14.1. The normalized spacial score (nSPS) is 12.5. The quantitative estimate of drug-likeness (QED) is 0.301. The summed E-state index contributed by atoms with van der Waals surface area (Å²) in [5.41, 5.74) is 0.708. The maximum Gasteiger partial charge on any atom is 0.408 e. The lowest BCUT2D eigenvalue weighted by Crippen LogP contribution is -2.53. The van der Waals surface area contributed by atoms with Crippen LogP contribution in [0.1, 0.15) is 58.2 Å². The Morgan fingerprint density at radius 1 is 1.10 bits per heavy atom. The van der Waals surface area contributed by atoms with E-state index < -0.39 is 35.6 Å². The highest BCUT2D eigenvalue weighted by Gasteiger charge is 2.37. The molecule has 2 rings (SSSR count). The van der Waals surface area contributed by atoms with Crippen molar-refractivity contribution >= 4 is 23.6 Å². The number of carbonyl (C=O) groups is 3. The number of anilines is 1. The molecule has 0 aliphatic rings. The van der Waals surface area contributed by atoms with E-state index in [-0.39, 0.29) is 12.5 Å². The van der Waals surface area contributed by atoms with Crippen LogP contribution in [0.4, 0.5) is 10.5 Å². The minimum Gasteiger partial charge on any atom is -0.497 e. The van der Waals surface area contributed by atoms with Crippen LogP contribution in [0.5, 0.6) is 5.75 Å². The Kier molecular flexibility index (Phi) is 11.2. The minimum atomic E-state index is -1.11. The largest absolute Gasteiger partial charge is 0.497 e. The van der Waals surface area contributed by atoms with E-state index in [0.717, 1.165) is 0 Å². The monoisotopic (exact) mass is 533 g/mol. The summed E-state index contributed by atoms with van der Waals surface area (Å²) in [6.07, 6.45) is 6.92. The van der Waals surface area contributed by atoms with Gasteiger partial charge in [-0.2, -0.15) is 0 Å². The number of nitrogens with one attached hydrogen (secondary N) is 2. The van der Waals surface area contributed by atoms with Gasteiger partial charge in [0.25, 0.3) is 5.91 Å². The molecule has 0 spiro atoms. The maximum absolute atomic E-state index is 14.1. The number of hydrogen-bond acceptors (Lipinski definition) is 5. The number of terminal acetylenes is 1. The van der Waals surface area contributed by atoms with Gasteiger partial charge in [0.15, 0.2) is 0 Å². The Labute approximate surface area is 231 Å². The van der Waals surface area contributed by atoms with Crippen molar-refractivity contribution in [2.45, 2.75) is 58.7 Å². The van der Waals surface area contributed by atoms with Crippen molar-refractivity contribution in [2.75, 3.05) is 19.0 Å². The predicted molar refractivity (Wildman–Crippen MR) is 153 cm³/mol. The summed E-state index contributed by atoms with van der Waals surface area (Å²) in [6.45, 7) is 12.9. The number of methoxy groups -OCH3 is 1. The molecular formula is C31H39N3O5. The predicted octanol–water partition coefficient (Wildman–Crippen LogP) is 5.31. The summed E-state index contributed by atoms with van der Waals surface area (Å²) < 4.78 is 10.6. The molecule has 0 saturated carbocycles. The summed E-state index contributed by atoms with van der Waals surface area (Å²) in [5, 5.41) is 5.59. The number of ether oxygens (including phenoxy) is 2. The first-order chi connectivity index (χ1) is 18.4. The van der Waals surface area contributed by atoms with Crippen LogP contribution in [0, 0.1) is 18.3 Å². The molecular weight excluding hydrogens is 494 g/mol. The van der Waals surface area contributed by atoms with E-state index in [1.54, 1.807) is 76.4 Å². The summed E-state index contributed by atoms with van der Waals surface area (Å²) in [4.78, 5) is 42.0. The van der Waals surface area contributed by atoms with Crippen molar-refractivity contribution < 1.29 is 23.9 Å². The van der Waals surface area contributed by atoms with Gasteiger partial charge in [0.2, 0.25) is 5.91 Å². The van der Waals surface area contributed by atoms with E-state index in [9.17, 15) is 14.4 Å². The van der Waals surface area contributed by atoms with Gasteiger partial charge in [-0.25, -0.2) is 4.79 Å². The van der Waals surface area contributed by atoms with Crippen molar-refractivity contribution in [1.82, 2.24) is 10.2 Å². The molecule has 2 aromatic rings. The molecule has 8 nitrogen and oxygen atoms in total. The number of amides is 3. The van der Waals surface area contributed by atoms with Crippen LogP contribution in [0.2, 0.25) is 0 Å². The third-order valence-corrected chi connectivity index (χ3v) is 5.63. The molecule has 208 valence electrons. The van der Waals surface area contributed by atoms with Crippen molar-refractivity contribution in [3.63, 3.8) is 0 Å². The van der Waals surface area contributed by atoms with Crippen molar-refractivity contribution in [1.29, 1.82) is 0 Å². The number of rotatable bonds is 11. The summed E-state index contributed by atoms with van der Waals surface area (Å²) >= 11 is 0. The van der Waals surface area contributed by atoms with Gasteiger partial charge in [-0.3, -0.25) is 9.59 Å². The standard InChI is InChI=1S/C31H39N3O5/c1-9-19-34(29(36)26(20-21(3)4)33-30(37)39-31(5,6)7)27(25-14-12-11-13-22(25)10-2)28(35)32-23-15-17-24(38-8)18-16-23/h2,9,11-18,21,26-27H,1,19-20H2,3-8H3,(H,32,35)(H,33,37). The molecule has 0 radical (unpaired) electrons. The minimum absolute atomic E-state index is 0.0308. The number of benzene rings is 2. The molecule has 0 bridgehead atoms. The Bertz CT molecular complexity index is 1190. The molecule has 0 aliphatic carbocycles. The van der Waals surface area contributed by atoms with Crippen molar-refractivity contribution in [2.24, 2.45) is 5.92 Å². The third kappa shape index (κ3) is 9.22. The number of alkyl carbamates (subject to hydrolysis) is 1. The van der Waals surface area contributed by atoms with E-state index in [2.05, 4.69) is 23.1 Å². The van der Waals surface area contributed by atoms with E-state index in [4.69, 9.17) is 15.9 Å². The SMILES string of the molecule is C#Cc1ccccc1C(C(=O)Nc1ccc(OC)cc1)N(CC=C)C(=O)C(CC(C)C)NC(=O)OC(C)(C)C. The van der Waals surface area contributed by atoms with E-state index in [0.29, 0.717) is 29.0 Å². The molecule has 0 aromatic heterocycles. The number of nitrogens with zero attached hydrogens (tertiary/aromatic N) is 1. The van der Waals surface area contributed by atoms with E-state index >= 15 is 0 Å². The molecule has 3 amide bonds. The van der Waals surface area contributed by atoms with Crippen LogP contribution in [0.25, 0.3) is 0 Å². The highest BCUT2D eigenvalue weighted by Crippen LogP contribution is 2.28. The topological polar surface area (TPSA) is 97.0 Å². The highest BCUT2D eigenvalue weighted by molar-refractivity contribution is 5.99. The molecule has 2 aromatic carbocycles. The van der Waals surface area contributed by atoms with Crippen LogP contribution in [-0.2, 0) is 14.3 Å². The zero-order valence-electron chi connectivity index (χ0n) is 23.6. The smallest absolute Gasteiger partial charge is 0.408 e. The second-order valence-electron chi connectivity index (χ2n) is 10.5. The van der Waals surface area contributed by atoms with Gasteiger partial charge in [-0.15, -0.1) is 13.0 Å². The molecule has 0 saturated heterocycles. The Morgan fingerprint density at radius 2 is 1.74 bits per heavy atom. The molecule has 8 heteroatoms. The van der Waals surface area contributed by atoms with Gasteiger partial charge < -0.3 is 25.0 Å². The van der Waals surface area contributed by atoms with Crippen LogP contribution >= 0.6 is 0 Å². The van der Waals surface area contributed by atoms with Gasteiger partial charge in [0.1, 0.15) is 23.4 Å². The number of carbonyl (C=O) groups excluding carboxylic acids is 3. The van der Waals surface area contributed by atoms with Crippen molar-refractivity contribution in [3.05, 3.63) is 72.3 Å². The van der Waals surface area contributed by atoms with Gasteiger partial charge in [0, 0.05) is 17.8 Å². The Morgan fingerprint density at radius 3 is 2.28 bits per heavy atom. The molecule has 39 heavy (non-hydrogen) atoms. The number of hydrogen-bond donors (Lipinski definition) is 2. The summed E-state index contributed by atoms with van der Waals surface area (Å²) in [7, 11) is 1.55. The lowest BCUT2D eigenvalue weighted by atomic mass is 9.96. The lowest BCUT2D eigenvalue weighted by molar-refractivity contribution is -0.140. The first-order valence-corrected chi connectivity index (χ1v) is 12.8. The van der Waals surface area contributed by atoms with Crippen LogP contribution in [-0.4, -0.2) is 48.1 Å². The van der Waals surface area contributed by atoms with E-state index in [1.165, 1.54) is 11.0 Å². The zero-order chi connectivity index (χ0) is 29.2. The molecule has 2 N–H and O–H groups in total. The Hall–Kier alpha value is -4.25. The van der Waals surface area contributed by atoms with Gasteiger partial charge in [0.05, 0.1) is 7.11 Å². The van der Waals surface area contributed by atoms with Crippen LogP contribution < -0.4 is 15.4 Å². The fourth-order valence-electron chi connectivity index (χ4n) is 4.01. The second kappa shape index (κ2) is 14.1. The summed E-state index contributed by atoms with van der Waals surface area (Å²) in [5.74, 6) is 2.37. The average Bonchev–Trinajstić information content (AvgIpc) is 2.87. The Balaban J connectivity index is 2.55. The van der Waals surface area contributed by atoms with Gasteiger partial charge in [-0.05, 0) is 69.0 Å². The van der Waals surface area contributed by atoms with Gasteiger partial charge in [-0.1, -0.05) is 44.0 Å². The third-order valence-electron chi connectivity index (χ3n) is 5.63. The molecule has 2 unspecified atom stereocenters. The second-order valence-corrected chi connectivity index (χ2v) is 10.5. The molecule has 2 atom stereocenters. The molecule has 0 aliphatic heterocycles. The fraction of sp³-hybridized carbons (Fsp3) is 0.387. The first kappa shape index (κ1) is 31.0. The fourth-order valence-corrected chi connectivity index (χ4v) is 4.01. The lowest BCUT2D eigenvalue weighted by Gasteiger charge is -2.34. The van der Waals surface area contributed by atoms with Gasteiger partial charge >= 0.3 is 6.09 Å². The van der Waals surface area contributed by atoms with Crippen LogP contribution in [0.3, 0.4) is 0 Å².